The second kappa shape index (κ2) is 8.39. The Kier molecular flexibility index (Phi) is 5.30. The molecule has 1 aliphatic rings. The fourth-order valence-electron chi connectivity index (χ4n) is 4.11. The molecule has 158 valence electrons. The molecule has 1 aliphatic carbocycles. The average molecular weight is 417 g/mol. The molecule has 4 heterocycles. The van der Waals surface area contributed by atoms with Crippen LogP contribution in [-0.2, 0) is 6.42 Å². The molecule has 0 amide bonds. The zero-order valence-electron chi connectivity index (χ0n) is 17.1. The van der Waals surface area contributed by atoms with E-state index in [-0.39, 0.29) is 17.8 Å². The summed E-state index contributed by atoms with van der Waals surface area (Å²) >= 11 is 0. The smallest absolute Gasteiger partial charge is 0.223 e. The maximum Gasteiger partial charge on any atom is 0.223 e. The van der Waals surface area contributed by atoms with Gasteiger partial charge in [-0.25, -0.2) is 19.3 Å². The molecule has 0 saturated heterocycles. The third kappa shape index (κ3) is 4.25. The molecule has 8 heteroatoms. The Morgan fingerprint density at radius 2 is 1.94 bits per heavy atom. The maximum absolute atomic E-state index is 14.6. The highest BCUT2D eigenvalue weighted by Crippen LogP contribution is 2.25. The number of nitrogens with two attached hydrogens (primary N) is 1. The summed E-state index contributed by atoms with van der Waals surface area (Å²) in [5.41, 5.74) is 9.79. The Labute approximate surface area is 179 Å². The van der Waals surface area contributed by atoms with Gasteiger partial charge in [-0.05, 0) is 61.4 Å². The number of rotatable bonds is 5. The summed E-state index contributed by atoms with van der Waals surface area (Å²) in [5.74, 6) is -0.0440. The first kappa shape index (κ1) is 19.6. The summed E-state index contributed by atoms with van der Waals surface area (Å²) in [6, 6.07) is 8.50. The fraction of sp³-hybridized carbons (Fsp3) is 0.304. The summed E-state index contributed by atoms with van der Waals surface area (Å²) in [4.78, 5) is 17.2. The molecule has 4 aromatic heterocycles. The van der Waals surface area contributed by atoms with Gasteiger partial charge in [0, 0.05) is 30.7 Å². The van der Waals surface area contributed by atoms with E-state index in [0.717, 1.165) is 48.9 Å². The molecule has 0 aliphatic heterocycles. The number of fused-ring (bicyclic) bond motifs is 1. The van der Waals surface area contributed by atoms with Crippen LogP contribution in [0, 0.1) is 5.82 Å². The van der Waals surface area contributed by atoms with Gasteiger partial charge in [0.25, 0.3) is 0 Å². The minimum absolute atomic E-state index is 0.234. The lowest BCUT2D eigenvalue weighted by Gasteiger charge is -2.26. The number of imidazole rings is 1. The standard InChI is InChI=1S/C23H24FN7/c24-19-13-28-23(29-18-5-3-17(25)4-6-18)30-22(19)20-14-27-21-11-15(7-9-31(20)21)10-16-2-1-8-26-12-16/h1-2,7-9,11-14,17-18H,3-6,10,25H2,(H,28,29,30). The van der Waals surface area contributed by atoms with Crippen molar-refractivity contribution in [3.63, 3.8) is 0 Å². The van der Waals surface area contributed by atoms with Gasteiger partial charge in [-0.2, -0.15) is 0 Å². The van der Waals surface area contributed by atoms with E-state index in [0.29, 0.717) is 11.6 Å². The van der Waals surface area contributed by atoms with Crippen molar-refractivity contribution >= 4 is 11.6 Å². The number of pyridine rings is 2. The quantitative estimate of drug-likeness (QED) is 0.515. The van der Waals surface area contributed by atoms with E-state index in [1.807, 2.05) is 41.1 Å². The van der Waals surface area contributed by atoms with Crippen molar-refractivity contribution in [1.82, 2.24) is 24.3 Å². The molecule has 3 N–H and O–H groups in total. The van der Waals surface area contributed by atoms with E-state index in [1.54, 1.807) is 12.4 Å². The first-order valence-corrected chi connectivity index (χ1v) is 10.6. The number of hydrogen-bond donors (Lipinski definition) is 2. The van der Waals surface area contributed by atoms with Gasteiger partial charge in [-0.15, -0.1) is 0 Å². The maximum atomic E-state index is 14.6. The van der Waals surface area contributed by atoms with Crippen molar-refractivity contribution in [1.29, 1.82) is 0 Å². The van der Waals surface area contributed by atoms with Gasteiger partial charge in [0.1, 0.15) is 11.3 Å². The van der Waals surface area contributed by atoms with Crippen LogP contribution in [0.4, 0.5) is 10.3 Å². The largest absolute Gasteiger partial charge is 0.351 e. The topological polar surface area (TPSA) is 94.0 Å². The van der Waals surface area contributed by atoms with Crippen molar-refractivity contribution in [3.8, 4) is 11.4 Å². The molecule has 31 heavy (non-hydrogen) atoms. The highest BCUT2D eigenvalue weighted by atomic mass is 19.1. The van der Waals surface area contributed by atoms with E-state index in [4.69, 9.17) is 5.73 Å². The Bertz CT molecular complexity index is 1180. The lowest BCUT2D eigenvalue weighted by Crippen LogP contribution is -2.33. The second-order valence-corrected chi connectivity index (χ2v) is 8.09. The summed E-state index contributed by atoms with van der Waals surface area (Å²) in [6.07, 6.45) is 13.0. The molecular formula is C23H24FN7. The molecule has 7 nitrogen and oxygen atoms in total. The van der Waals surface area contributed by atoms with Crippen molar-refractivity contribution in [2.24, 2.45) is 5.73 Å². The molecule has 0 spiro atoms. The Balaban J connectivity index is 1.41. The van der Waals surface area contributed by atoms with Gasteiger partial charge in [-0.3, -0.25) is 9.38 Å². The minimum atomic E-state index is -0.475. The normalized spacial score (nSPS) is 18.9. The Morgan fingerprint density at radius 1 is 1.06 bits per heavy atom. The summed E-state index contributed by atoms with van der Waals surface area (Å²) < 4.78 is 16.5. The Morgan fingerprint density at radius 3 is 2.74 bits per heavy atom. The molecule has 1 fully saturated rings. The number of aromatic nitrogens is 5. The third-order valence-electron chi connectivity index (χ3n) is 5.80. The molecule has 0 atom stereocenters. The molecule has 0 unspecified atom stereocenters. The van der Waals surface area contributed by atoms with Crippen molar-refractivity contribution in [3.05, 3.63) is 72.2 Å². The average Bonchev–Trinajstić information content (AvgIpc) is 3.20. The van der Waals surface area contributed by atoms with E-state index in [1.165, 1.54) is 6.20 Å². The molecular weight excluding hydrogens is 393 g/mol. The number of anilines is 1. The zero-order valence-corrected chi connectivity index (χ0v) is 17.1. The van der Waals surface area contributed by atoms with Crippen LogP contribution in [0.2, 0.25) is 0 Å². The molecule has 4 aromatic rings. The first-order chi connectivity index (χ1) is 15.2. The number of hydrogen-bond acceptors (Lipinski definition) is 6. The first-order valence-electron chi connectivity index (χ1n) is 10.6. The second-order valence-electron chi connectivity index (χ2n) is 8.09. The zero-order chi connectivity index (χ0) is 21.2. The van der Waals surface area contributed by atoms with Crippen LogP contribution in [0.5, 0.6) is 0 Å². The molecule has 5 rings (SSSR count). The van der Waals surface area contributed by atoms with Gasteiger partial charge in [0.15, 0.2) is 5.82 Å². The minimum Gasteiger partial charge on any atom is -0.351 e. The third-order valence-corrected chi connectivity index (χ3v) is 5.80. The molecule has 0 aromatic carbocycles. The molecule has 0 bridgehead atoms. The van der Waals surface area contributed by atoms with Crippen LogP contribution in [-0.4, -0.2) is 36.4 Å². The van der Waals surface area contributed by atoms with Gasteiger partial charge >= 0.3 is 0 Å². The summed E-state index contributed by atoms with van der Waals surface area (Å²) in [6.45, 7) is 0. The summed E-state index contributed by atoms with van der Waals surface area (Å²) in [5, 5.41) is 3.34. The highest BCUT2D eigenvalue weighted by Gasteiger charge is 2.20. The monoisotopic (exact) mass is 417 g/mol. The molecule has 1 saturated carbocycles. The lowest BCUT2D eigenvalue weighted by molar-refractivity contribution is 0.409. The molecule has 0 radical (unpaired) electrons. The predicted molar refractivity (Wildman–Crippen MR) is 117 cm³/mol. The van der Waals surface area contributed by atoms with Crippen molar-refractivity contribution < 1.29 is 4.39 Å². The number of halogens is 1. The van der Waals surface area contributed by atoms with E-state index in [2.05, 4.69) is 25.3 Å². The van der Waals surface area contributed by atoms with Gasteiger partial charge < -0.3 is 11.1 Å². The van der Waals surface area contributed by atoms with Crippen molar-refractivity contribution in [2.45, 2.75) is 44.2 Å². The van der Waals surface area contributed by atoms with Gasteiger partial charge in [0.2, 0.25) is 5.95 Å². The number of nitrogens with one attached hydrogen (secondary N) is 1. The van der Waals surface area contributed by atoms with Gasteiger partial charge in [-0.1, -0.05) is 6.07 Å². The van der Waals surface area contributed by atoms with E-state index >= 15 is 0 Å². The van der Waals surface area contributed by atoms with Crippen LogP contribution in [0.15, 0.2) is 55.2 Å². The Hall–Kier alpha value is -3.39. The van der Waals surface area contributed by atoms with Crippen LogP contribution in [0.3, 0.4) is 0 Å². The lowest BCUT2D eigenvalue weighted by atomic mass is 9.92. The summed E-state index contributed by atoms with van der Waals surface area (Å²) in [7, 11) is 0. The highest BCUT2D eigenvalue weighted by molar-refractivity contribution is 5.62. The fourth-order valence-corrected chi connectivity index (χ4v) is 4.11. The van der Waals surface area contributed by atoms with E-state index < -0.39 is 5.82 Å². The van der Waals surface area contributed by atoms with E-state index in [9.17, 15) is 4.39 Å². The van der Waals surface area contributed by atoms with Crippen molar-refractivity contribution in [2.75, 3.05) is 5.32 Å². The van der Waals surface area contributed by atoms with Crippen LogP contribution in [0.1, 0.15) is 36.8 Å². The predicted octanol–water partition coefficient (Wildman–Crippen LogP) is 3.60. The SMILES string of the molecule is NC1CCC(Nc2ncc(F)c(-c3cnc4cc(Cc5cccnc5)ccn34)n2)CC1. The van der Waals surface area contributed by atoms with Crippen LogP contribution >= 0.6 is 0 Å². The number of nitrogens with zero attached hydrogens (tertiary/aromatic N) is 5. The van der Waals surface area contributed by atoms with Crippen LogP contribution in [0.25, 0.3) is 17.0 Å². The van der Waals surface area contributed by atoms with Gasteiger partial charge in [0.05, 0.1) is 18.1 Å². The van der Waals surface area contributed by atoms with Crippen LogP contribution < -0.4 is 11.1 Å².